The van der Waals surface area contributed by atoms with Crippen LogP contribution in [0.4, 0.5) is 10.1 Å². The number of hydrogen-bond acceptors (Lipinski definition) is 2. The maximum Gasteiger partial charge on any atom is 0.236 e. The Morgan fingerprint density at radius 2 is 1.93 bits per heavy atom. The maximum atomic E-state index is 13.9. The van der Waals surface area contributed by atoms with Gasteiger partial charge in [-0.15, -0.1) is 0 Å². The summed E-state index contributed by atoms with van der Waals surface area (Å²) in [4.78, 5) is 21.1. The first-order valence-electron chi connectivity index (χ1n) is 9.14. The Balaban J connectivity index is 2.66. The molecule has 0 N–H and O–H groups in total. The van der Waals surface area contributed by atoms with Crippen LogP contribution in [0.5, 0.6) is 0 Å². The molecule has 0 bridgehead atoms. The van der Waals surface area contributed by atoms with Gasteiger partial charge in [0.25, 0.3) is 0 Å². The van der Waals surface area contributed by atoms with Gasteiger partial charge < -0.3 is 9.80 Å². The first kappa shape index (κ1) is 21.9. The number of aliphatic imine (C=N–C) groups is 1. The molecular weight excluding hydrogens is 377 g/mol. The van der Waals surface area contributed by atoms with Gasteiger partial charge in [0.1, 0.15) is 5.82 Å². The maximum absolute atomic E-state index is 13.9. The van der Waals surface area contributed by atoms with Crippen LogP contribution in [0.3, 0.4) is 0 Å². The zero-order chi connectivity index (χ0) is 21.1. The molecule has 0 spiro atoms. The molecule has 0 aliphatic rings. The lowest BCUT2D eigenvalue weighted by atomic mass is 9.74. The van der Waals surface area contributed by atoms with Crippen molar-refractivity contribution >= 4 is 29.5 Å². The van der Waals surface area contributed by atoms with Crippen LogP contribution in [0.1, 0.15) is 30.5 Å². The molecule has 0 radical (unpaired) electrons. The standard InChI is InChI=1S/C22H27ClFN3O/c1-7-27(6)14-25-20-13-19(23)18(11-15(20)2)22(3,21(28)26(4)5)16-9-8-10-17(24)12-16/h8-14H,7H2,1-6H3/b25-14+. The number of rotatable bonds is 6. The van der Waals surface area contributed by atoms with E-state index < -0.39 is 11.2 Å². The molecule has 0 fully saturated rings. The Bertz CT molecular complexity index is 897. The summed E-state index contributed by atoms with van der Waals surface area (Å²) in [7, 11) is 5.30. The van der Waals surface area contributed by atoms with E-state index >= 15 is 0 Å². The van der Waals surface area contributed by atoms with Crippen molar-refractivity contribution in [3.05, 3.63) is 63.9 Å². The lowest BCUT2D eigenvalue weighted by molar-refractivity contribution is -0.132. The van der Waals surface area contributed by atoms with Crippen LogP contribution in [-0.4, -0.2) is 49.7 Å². The van der Waals surface area contributed by atoms with E-state index in [9.17, 15) is 9.18 Å². The summed E-state index contributed by atoms with van der Waals surface area (Å²) < 4.78 is 13.9. The normalized spacial score (nSPS) is 13.4. The topological polar surface area (TPSA) is 35.9 Å². The number of benzene rings is 2. The molecule has 2 aromatic carbocycles. The highest BCUT2D eigenvalue weighted by Crippen LogP contribution is 2.40. The van der Waals surface area contributed by atoms with E-state index in [1.165, 1.54) is 17.0 Å². The summed E-state index contributed by atoms with van der Waals surface area (Å²) in [5.74, 6) is -0.576. The second kappa shape index (κ2) is 8.74. The van der Waals surface area contributed by atoms with Gasteiger partial charge in [0, 0.05) is 32.7 Å². The van der Waals surface area contributed by atoms with E-state index in [-0.39, 0.29) is 5.91 Å². The number of likely N-dealkylation sites (N-methyl/N-ethyl adjacent to an activating group) is 1. The smallest absolute Gasteiger partial charge is 0.236 e. The van der Waals surface area contributed by atoms with E-state index in [0.717, 1.165) is 17.8 Å². The molecule has 1 amide bonds. The molecule has 2 aromatic rings. The lowest BCUT2D eigenvalue weighted by Gasteiger charge is -2.33. The van der Waals surface area contributed by atoms with Crippen LogP contribution >= 0.6 is 11.6 Å². The van der Waals surface area contributed by atoms with Crippen molar-refractivity contribution in [2.75, 3.05) is 27.7 Å². The summed E-state index contributed by atoms with van der Waals surface area (Å²) >= 11 is 6.62. The van der Waals surface area contributed by atoms with Crippen molar-refractivity contribution in [2.24, 2.45) is 4.99 Å². The highest BCUT2D eigenvalue weighted by molar-refractivity contribution is 6.32. The van der Waals surface area contributed by atoms with Gasteiger partial charge in [0.2, 0.25) is 5.91 Å². The molecule has 0 heterocycles. The fourth-order valence-electron chi connectivity index (χ4n) is 3.08. The summed E-state index contributed by atoms with van der Waals surface area (Å²) in [6.45, 7) is 6.57. The second-order valence-corrected chi connectivity index (χ2v) is 7.68. The van der Waals surface area contributed by atoms with Crippen LogP contribution in [0.2, 0.25) is 5.02 Å². The minimum absolute atomic E-state index is 0.179. The van der Waals surface area contributed by atoms with E-state index in [4.69, 9.17) is 11.6 Å². The third kappa shape index (κ3) is 4.36. The molecule has 0 saturated heterocycles. The summed E-state index contributed by atoms with van der Waals surface area (Å²) in [6.07, 6.45) is 1.75. The average molecular weight is 404 g/mol. The quantitative estimate of drug-likeness (QED) is 0.513. The Morgan fingerprint density at radius 3 is 2.50 bits per heavy atom. The Morgan fingerprint density at radius 1 is 1.25 bits per heavy atom. The number of aryl methyl sites for hydroxylation is 1. The molecule has 0 aromatic heterocycles. The molecule has 2 rings (SSSR count). The predicted molar refractivity (Wildman–Crippen MR) is 114 cm³/mol. The van der Waals surface area contributed by atoms with E-state index in [2.05, 4.69) is 4.99 Å². The van der Waals surface area contributed by atoms with Crippen LogP contribution in [0, 0.1) is 12.7 Å². The van der Waals surface area contributed by atoms with Gasteiger partial charge in [-0.1, -0.05) is 29.8 Å². The number of carbonyl (C=O) groups excluding carboxylic acids is 1. The van der Waals surface area contributed by atoms with Gasteiger partial charge >= 0.3 is 0 Å². The van der Waals surface area contributed by atoms with Gasteiger partial charge in [-0.25, -0.2) is 9.38 Å². The van der Waals surface area contributed by atoms with Crippen molar-refractivity contribution in [1.82, 2.24) is 9.80 Å². The van der Waals surface area contributed by atoms with E-state index in [1.807, 2.05) is 31.9 Å². The van der Waals surface area contributed by atoms with Gasteiger partial charge in [-0.2, -0.15) is 0 Å². The average Bonchev–Trinajstić information content (AvgIpc) is 2.66. The molecule has 6 heteroatoms. The minimum atomic E-state index is -1.13. The molecule has 0 aliphatic heterocycles. The second-order valence-electron chi connectivity index (χ2n) is 7.27. The van der Waals surface area contributed by atoms with Gasteiger partial charge in [0.15, 0.2) is 0 Å². The number of hydrogen-bond donors (Lipinski definition) is 0. The predicted octanol–water partition coefficient (Wildman–Crippen LogP) is 4.79. The summed E-state index contributed by atoms with van der Waals surface area (Å²) in [5, 5.41) is 0.416. The molecule has 0 aliphatic carbocycles. The molecule has 1 atom stereocenters. The van der Waals surface area contributed by atoms with Crippen molar-refractivity contribution < 1.29 is 9.18 Å². The zero-order valence-corrected chi connectivity index (χ0v) is 18.0. The van der Waals surface area contributed by atoms with Crippen LogP contribution < -0.4 is 0 Å². The van der Waals surface area contributed by atoms with Crippen LogP contribution in [0.15, 0.2) is 41.4 Å². The molecule has 150 valence electrons. The fourth-order valence-corrected chi connectivity index (χ4v) is 3.42. The monoisotopic (exact) mass is 403 g/mol. The molecule has 28 heavy (non-hydrogen) atoms. The zero-order valence-electron chi connectivity index (χ0n) is 17.3. The minimum Gasteiger partial charge on any atom is -0.366 e. The molecule has 0 saturated carbocycles. The van der Waals surface area contributed by atoms with E-state index in [0.29, 0.717) is 16.1 Å². The highest BCUT2D eigenvalue weighted by atomic mass is 35.5. The first-order chi connectivity index (χ1) is 13.1. The SMILES string of the molecule is CCN(C)/C=N/c1cc(Cl)c(C(C)(C(=O)N(C)C)c2cccc(F)c2)cc1C. The third-order valence-electron chi connectivity index (χ3n) is 4.95. The van der Waals surface area contributed by atoms with Gasteiger partial charge in [-0.05, 0) is 55.7 Å². The van der Waals surface area contributed by atoms with E-state index in [1.54, 1.807) is 45.6 Å². The number of nitrogens with zero attached hydrogens (tertiary/aromatic N) is 3. The van der Waals surface area contributed by atoms with Crippen LogP contribution in [0.25, 0.3) is 0 Å². The molecule has 4 nitrogen and oxygen atoms in total. The highest BCUT2D eigenvalue weighted by Gasteiger charge is 2.40. The number of carbonyl (C=O) groups is 1. The Kier molecular flexibility index (Phi) is 6.83. The van der Waals surface area contributed by atoms with Gasteiger partial charge in [-0.3, -0.25) is 4.79 Å². The molecular formula is C22H27ClFN3O. The lowest BCUT2D eigenvalue weighted by Crippen LogP contribution is -2.42. The molecule has 1 unspecified atom stereocenters. The van der Waals surface area contributed by atoms with Crippen molar-refractivity contribution in [3.8, 4) is 0 Å². The number of halogens is 2. The van der Waals surface area contributed by atoms with Crippen molar-refractivity contribution in [2.45, 2.75) is 26.2 Å². The number of amides is 1. The largest absolute Gasteiger partial charge is 0.366 e. The van der Waals surface area contributed by atoms with Crippen molar-refractivity contribution in [3.63, 3.8) is 0 Å². The van der Waals surface area contributed by atoms with Crippen molar-refractivity contribution in [1.29, 1.82) is 0 Å². The van der Waals surface area contributed by atoms with Crippen LogP contribution in [-0.2, 0) is 10.2 Å². The summed E-state index contributed by atoms with van der Waals surface area (Å²) in [6, 6.07) is 9.72. The summed E-state index contributed by atoms with van der Waals surface area (Å²) in [5.41, 5.74) is 1.66. The third-order valence-corrected chi connectivity index (χ3v) is 5.27. The first-order valence-corrected chi connectivity index (χ1v) is 9.51. The fraction of sp³-hybridized carbons (Fsp3) is 0.364. The Hall–Kier alpha value is -2.40. The Labute approximate surface area is 171 Å². The van der Waals surface area contributed by atoms with Gasteiger partial charge in [0.05, 0.1) is 17.4 Å².